The molecular weight excluding hydrogens is 286 g/mol. The van der Waals surface area contributed by atoms with Crippen molar-refractivity contribution in [2.24, 2.45) is 0 Å². The molecule has 0 spiro atoms. The van der Waals surface area contributed by atoms with Gasteiger partial charge in [0, 0.05) is 32.2 Å². The summed E-state index contributed by atoms with van der Waals surface area (Å²) >= 11 is 0. The standard InChI is InChI=1S/C15H33N3O2S/c1-4-7-12-17(6-3)21(19,20)18-13-9-8-10-15(18)14-16-11-5-2/h15-16H,4-14H2,1-3H3. The number of hydrogen-bond donors (Lipinski definition) is 1. The van der Waals surface area contributed by atoms with E-state index in [1.165, 1.54) is 0 Å². The summed E-state index contributed by atoms with van der Waals surface area (Å²) in [6, 6.07) is 0.117. The molecule has 21 heavy (non-hydrogen) atoms. The van der Waals surface area contributed by atoms with Gasteiger partial charge in [-0.2, -0.15) is 17.0 Å². The highest BCUT2D eigenvalue weighted by atomic mass is 32.2. The molecule has 5 nitrogen and oxygen atoms in total. The van der Waals surface area contributed by atoms with E-state index in [0.29, 0.717) is 19.6 Å². The third-order valence-corrected chi connectivity index (χ3v) is 6.28. The summed E-state index contributed by atoms with van der Waals surface area (Å²) in [6.45, 7) is 9.76. The van der Waals surface area contributed by atoms with E-state index in [-0.39, 0.29) is 6.04 Å². The van der Waals surface area contributed by atoms with Gasteiger partial charge in [-0.3, -0.25) is 0 Å². The van der Waals surface area contributed by atoms with Gasteiger partial charge < -0.3 is 5.32 Å². The van der Waals surface area contributed by atoms with Crippen LogP contribution in [0, 0.1) is 0 Å². The highest BCUT2D eigenvalue weighted by molar-refractivity contribution is 7.86. The number of nitrogens with one attached hydrogen (secondary N) is 1. The van der Waals surface area contributed by atoms with Gasteiger partial charge in [-0.15, -0.1) is 0 Å². The minimum Gasteiger partial charge on any atom is -0.315 e. The Balaban J connectivity index is 2.75. The third kappa shape index (κ3) is 5.51. The first-order valence-electron chi connectivity index (χ1n) is 8.55. The minimum absolute atomic E-state index is 0.117. The van der Waals surface area contributed by atoms with Crippen molar-refractivity contribution >= 4 is 10.2 Å². The quantitative estimate of drug-likeness (QED) is 0.628. The fourth-order valence-electron chi connectivity index (χ4n) is 2.85. The van der Waals surface area contributed by atoms with E-state index in [9.17, 15) is 8.42 Å². The maximum absolute atomic E-state index is 12.9. The van der Waals surface area contributed by atoms with Gasteiger partial charge in [-0.1, -0.05) is 33.6 Å². The second-order valence-electron chi connectivity index (χ2n) is 5.82. The van der Waals surface area contributed by atoms with Crippen LogP contribution in [0.1, 0.15) is 59.3 Å². The number of rotatable bonds is 10. The lowest BCUT2D eigenvalue weighted by Crippen LogP contribution is -2.53. The minimum atomic E-state index is -3.31. The summed E-state index contributed by atoms with van der Waals surface area (Å²) in [7, 11) is -3.31. The van der Waals surface area contributed by atoms with Crippen molar-refractivity contribution in [2.75, 3.05) is 32.7 Å². The summed E-state index contributed by atoms with van der Waals surface area (Å²) in [5.74, 6) is 0. The van der Waals surface area contributed by atoms with E-state index in [0.717, 1.165) is 51.6 Å². The zero-order valence-electron chi connectivity index (χ0n) is 14.0. The van der Waals surface area contributed by atoms with Crippen molar-refractivity contribution in [3.63, 3.8) is 0 Å². The van der Waals surface area contributed by atoms with Crippen molar-refractivity contribution in [3.05, 3.63) is 0 Å². The molecule has 0 amide bonds. The average molecular weight is 320 g/mol. The number of hydrogen-bond acceptors (Lipinski definition) is 3. The first-order valence-corrected chi connectivity index (χ1v) is 9.95. The molecule has 0 aliphatic carbocycles. The topological polar surface area (TPSA) is 52.7 Å². The summed E-state index contributed by atoms with van der Waals surface area (Å²) in [4.78, 5) is 0. The molecule has 6 heteroatoms. The zero-order chi connectivity index (χ0) is 15.7. The van der Waals surface area contributed by atoms with Gasteiger partial charge >= 0.3 is 0 Å². The highest BCUT2D eigenvalue weighted by Crippen LogP contribution is 2.22. The first-order chi connectivity index (χ1) is 10.1. The highest BCUT2D eigenvalue weighted by Gasteiger charge is 2.35. The van der Waals surface area contributed by atoms with Gasteiger partial charge in [0.25, 0.3) is 10.2 Å². The van der Waals surface area contributed by atoms with E-state index in [4.69, 9.17) is 0 Å². The van der Waals surface area contributed by atoms with Crippen LogP contribution in [-0.2, 0) is 10.2 Å². The van der Waals surface area contributed by atoms with Gasteiger partial charge in [-0.05, 0) is 32.2 Å². The van der Waals surface area contributed by atoms with Crippen LogP contribution < -0.4 is 5.32 Å². The van der Waals surface area contributed by atoms with Crippen LogP contribution in [0.4, 0.5) is 0 Å². The SMILES string of the molecule is CCCCN(CC)S(=O)(=O)N1CCCCC1CNCCC. The van der Waals surface area contributed by atoms with Crippen molar-refractivity contribution < 1.29 is 8.42 Å². The first kappa shape index (κ1) is 18.9. The molecule has 1 aliphatic rings. The molecule has 0 aromatic heterocycles. The Morgan fingerprint density at radius 2 is 1.95 bits per heavy atom. The van der Waals surface area contributed by atoms with Crippen LogP contribution in [0.2, 0.25) is 0 Å². The van der Waals surface area contributed by atoms with Gasteiger partial charge in [0.05, 0.1) is 0 Å². The Morgan fingerprint density at radius 1 is 1.19 bits per heavy atom. The predicted octanol–water partition coefficient (Wildman–Crippen LogP) is 2.21. The molecular formula is C15H33N3O2S. The number of piperidine rings is 1. The molecule has 1 aliphatic heterocycles. The molecule has 1 saturated heterocycles. The van der Waals surface area contributed by atoms with Crippen LogP contribution in [0.15, 0.2) is 0 Å². The molecule has 1 rings (SSSR count). The van der Waals surface area contributed by atoms with Crippen LogP contribution in [-0.4, -0.2) is 55.8 Å². The molecule has 1 unspecified atom stereocenters. The molecule has 1 N–H and O–H groups in total. The van der Waals surface area contributed by atoms with Gasteiger partial charge in [0.15, 0.2) is 0 Å². The van der Waals surface area contributed by atoms with Crippen LogP contribution in [0.3, 0.4) is 0 Å². The van der Waals surface area contributed by atoms with Gasteiger partial charge in [0.2, 0.25) is 0 Å². The monoisotopic (exact) mass is 319 g/mol. The van der Waals surface area contributed by atoms with Crippen LogP contribution in [0.5, 0.6) is 0 Å². The molecule has 0 aromatic rings. The summed E-state index contributed by atoms with van der Waals surface area (Å²) < 4.78 is 29.2. The number of unbranched alkanes of at least 4 members (excludes halogenated alkanes) is 1. The lowest BCUT2D eigenvalue weighted by molar-refractivity contribution is 0.226. The Hall–Kier alpha value is -0.170. The molecule has 126 valence electrons. The molecule has 0 bridgehead atoms. The second-order valence-corrected chi connectivity index (χ2v) is 7.70. The Kier molecular flexibility index (Phi) is 8.78. The average Bonchev–Trinajstić information content (AvgIpc) is 2.48. The molecule has 0 saturated carbocycles. The fraction of sp³-hybridized carbons (Fsp3) is 1.00. The zero-order valence-corrected chi connectivity index (χ0v) is 14.8. The van der Waals surface area contributed by atoms with Crippen molar-refractivity contribution in [1.29, 1.82) is 0 Å². The normalized spacial score (nSPS) is 21.0. The van der Waals surface area contributed by atoms with Gasteiger partial charge in [-0.25, -0.2) is 0 Å². The smallest absolute Gasteiger partial charge is 0.282 e. The van der Waals surface area contributed by atoms with E-state index < -0.39 is 10.2 Å². The maximum atomic E-state index is 12.9. The Labute approximate surface area is 131 Å². The molecule has 0 aromatic carbocycles. The van der Waals surface area contributed by atoms with Crippen LogP contribution in [0.25, 0.3) is 0 Å². The second kappa shape index (κ2) is 9.77. The fourth-order valence-corrected chi connectivity index (χ4v) is 4.75. The predicted molar refractivity (Wildman–Crippen MR) is 88.6 cm³/mol. The van der Waals surface area contributed by atoms with E-state index in [1.807, 2.05) is 6.92 Å². The van der Waals surface area contributed by atoms with Crippen molar-refractivity contribution in [3.8, 4) is 0 Å². The lowest BCUT2D eigenvalue weighted by Gasteiger charge is -2.38. The van der Waals surface area contributed by atoms with Crippen LogP contribution >= 0.6 is 0 Å². The molecule has 1 heterocycles. The summed E-state index contributed by atoms with van der Waals surface area (Å²) in [5.41, 5.74) is 0. The lowest BCUT2D eigenvalue weighted by atomic mass is 10.1. The van der Waals surface area contributed by atoms with Crippen molar-refractivity contribution in [1.82, 2.24) is 13.9 Å². The van der Waals surface area contributed by atoms with E-state index in [1.54, 1.807) is 8.61 Å². The Morgan fingerprint density at radius 3 is 2.57 bits per heavy atom. The molecule has 1 atom stereocenters. The van der Waals surface area contributed by atoms with Gasteiger partial charge in [0.1, 0.15) is 0 Å². The summed E-state index contributed by atoms with van der Waals surface area (Å²) in [5, 5.41) is 3.38. The third-order valence-electron chi connectivity index (χ3n) is 4.12. The van der Waals surface area contributed by atoms with E-state index >= 15 is 0 Å². The molecule has 1 fully saturated rings. The molecule has 0 radical (unpaired) electrons. The van der Waals surface area contributed by atoms with Crippen molar-refractivity contribution in [2.45, 2.75) is 65.3 Å². The summed E-state index contributed by atoms with van der Waals surface area (Å²) in [6.07, 6.45) is 6.12. The Bertz CT molecular complexity index is 373. The maximum Gasteiger partial charge on any atom is 0.282 e. The van der Waals surface area contributed by atoms with E-state index in [2.05, 4.69) is 19.2 Å². The number of nitrogens with zero attached hydrogens (tertiary/aromatic N) is 2. The largest absolute Gasteiger partial charge is 0.315 e.